The SMILES string of the molecule is CCCCn1c(N)c(N(CC)CC(=O)N2CCc3cc(S(N)(=O)=O)ccc32)c(=O)[nH]c1=O. The fraction of sp³-hybridized carbons (Fsp3) is 0.450. The molecule has 1 aliphatic heterocycles. The Hall–Kier alpha value is -3.12. The average Bonchev–Trinajstić information content (AvgIpc) is 3.15. The number of benzene rings is 1. The van der Waals surface area contributed by atoms with Crippen molar-refractivity contribution in [2.75, 3.05) is 35.2 Å². The fourth-order valence-corrected chi connectivity index (χ4v) is 4.40. The number of hydrogen-bond acceptors (Lipinski definition) is 7. The van der Waals surface area contributed by atoms with Crippen molar-refractivity contribution in [3.63, 3.8) is 0 Å². The molecule has 0 aliphatic carbocycles. The second-order valence-electron chi connectivity index (χ2n) is 7.64. The van der Waals surface area contributed by atoms with Crippen LogP contribution in [0.4, 0.5) is 17.2 Å². The maximum Gasteiger partial charge on any atom is 0.330 e. The van der Waals surface area contributed by atoms with Crippen molar-refractivity contribution < 1.29 is 13.2 Å². The van der Waals surface area contributed by atoms with Gasteiger partial charge in [0.15, 0.2) is 0 Å². The van der Waals surface area contributed by atoms with Crippen LogP contribution in [-0.2, 0) is 27.8 Å². The second-order valence-corrected chi connectivity index (χ2v) is 9.20. The number of aromatic amines is 1. The molecule has 5 N–H and O–H groups in total. The van der Waals surface area contributed by atoms with Gasteiger partial charge in [0.25, 0.3) is 5.56 Å². The van der Waals surface area contributed by atoms with Crippen molar-refractivity contribution in [1.82, 2.24) is 9.55 Å². The van der Waals surface area contributed by atoms with Crippen LogP contribution in [0.3, 0.4) is 0 Å². The highest BCUT2D eigenvalue weighted by molar-refractivity contribution is 7.89. The van der Waals surface area contributed by atoms with Crippen molar-refractivity contribution >= 4 is 33.1 Å². The first kappa shape index (κ1) is 23.5. The van der Waals surface area contributed by atoms with Gasteiger partial charge in [0.1, 0.15) is 11.5 Å². The van der Waals surface area contributed by atoms with Crippen LogP contribution in [0.25, 0.3) is 0 Å². The number of unbranched alkanes of at least 4 members (excludes halogenated alkanes) is 1. The molecule has 0 radical (unpaired) electrons. The number of rotatable bonds is 8. The van der Waals surface area contributed by atoms with E-state index in [1.165, 1.54) is 21.6 Å². The van der Waals surface area contributed by atoms with Crippen LogP contribution in [0.2, 0.25) is 0 Å². The molecular formula is C20H28N6O5S. The van der Waals surface area contributed by atoms with E-state index in [9.17, 15) is 22.8 Å². The summed E-state index contributed by atoms with van der Waals surface area (Å²) in [5, 5.41) is 5.19. The number of fused-ring (bicyclic) bond motifs is 1. The molecule has 0 bridgehead atoms. The molecule has 0 spiro atoms. The number of nitrogens with one attached hydrogen (secondary N) is 1. The van der Waals surface area contributed by atoms with E-state index in [1.807, 2.05) is 6.92 Å². The molecular weight excluding hydrogens is 436 g/mol. The largest absolute Gasteiger partial charge is 0.383 e. The van der Waals surface area contributed by atoms with Gasteiger partial charge in [-0.1, -0.05) is 13.3 Å². The number of likely N-dealkylation sites (N-methyl/N-ethyl adjacent to an activating group) is 1. The van der Waals surface area contributed by atoms with E-state index in [-0.39, 0.29) is 28.9 Å². The Morgan fingerprint density at radius 2 is 1.97 bits per heavy atom. The number of H-pyrrole nitrogens is 1. The fourth-order valence-electron chi connectivity index (χ4n) is 3.83. The third-order valence-corrected chi connectivity index (χ3v) is 6.46. The Kier molecular flexibility index (Phi) is 6.74. The normalized spacial score (nSPS) is 13.3. The summed E-state index contributed by atoms with van der Waals surface area (Å²) in [6.45, 7) is 4.68. The van der Waals surface area contributed by atoms with E-state index < -0.39 is 21.3 Å². The lowest BCUT2D eigenvalue weighted by Crippen LogP contribution is -2.44. The Morgan fingerprint density at radius 1 is 1.25 bits per heavy atom. The van der Waals surface area contributed by atoms with Gasteiger partial charge in [-0.15, -0.1) is 0 Å². The van der Waals surface area contributed by atoms with Crippen molar-refractivity contribution in [2.24, 2.45) is 5.14 Å². The number of amides is 1. The van der Waals surface area contributed by atoms with E-state index in [2.05, 4.69) is 4.98 Å². The van der Waals surface area contributed by atoms with Crippen molar-refractivity contribution in [3.05, 3.63) is 44.6 Å². The standard InChI is InChI=1S/C20H28N6O5S/c1-3-5-9-26-18(21)17(19(28)23-20(26)29)24(4-2)12-16(27)25-10-8-13-11-14(32(22,30)31)6-7-15(13)25/h6-7,11H,3-5,8-10,12,21H2,1-2H3,(H2,22,30,31)(H,23,28,29). The number of nitrogens with zero attached hydrogens (tertiary/aromatic N) is 3. The first-order valence-corrected chi connectivity index (χ1v) is 12.0. The lowest BCUT2D eigenvalue weighted by atomic mass is 10.2. The summed E-state index contributed by atoms with van der Waals surface area (Å²) in [4.78, 5) is 43.2. The first-order chi connectivity index (χ1) is 15.1. The zero-order valence-electron chi connectivity index (χ0n) is 18.1. The molecule has 11 nitrogen and oxygen atoms in total. The molecule has 12 heteroatoms. The smallest absolute Gasteiger partial charge is 0.330 e. The Bertz CT molecular complexity index is 1250. The topological polar surface area (TPSA) is 165 Å². The van der Waals surface area contributed by atoms with Gasteiger partial charge in [-0.3, -0.25) is 19.1 Å². The molecule has 0 saturated carbocycles. The van der Waals surface area contributed by atoms with Gasteiger partial charge >= 0.3 is 5.69 Å². The number of nitrogen functional groups attached to an aromatic ring is 1. The van der Waals surface area contributed by atoms with Gasteiger partial charge in [-0.05, 0) is 43.5 Å². The van der Waals surface area contributed by atoms with Crippen molar-refractivity contribution in [2.45, 2.75) is 44.6 Å². The van der Waals surface area contributed by atoms with Gasteiger partial charge in [-0.2, -0.15) is 0 Å². The molecule has 174 valence electrons. The molecule has 0 atom stereocenters. The van der Waals surface area contributed by atoms with Gasteiger partial charge in [0.2, 0.25) is 15.9 Å². The molecule has 1 aromatic heterocycles. The molecule has 0 saturated heterocycles. The number of nitrogens with two attached hydrogens (primary N) is 2. The van der Waals surface area contributed by atoms with E-state index in [0.29, 0.717) is 43.7 Å². The van der Waals surface area contributed by atoms with Gasteiger partial charge in [0, 0.05) is 25.3 Å². The predicted octanol–water partition coefficient (Wildman–Crippen LogP) is -0.0181. The lowest BCUT2D eigenvalue weighted by Gasteiger charge is -2.27. The maximum absolute atomic E-state index is 13.1. The maximum atomic E-state index is 13.1. The highest BCUT2D eigenvalue weighted by Gasteiger charge is 2.28. The van der Waals surface area contributed by atoms with E-state index in [1.54, 1.807) is 17.9 Å². The Morgan fingerprint density at radius 3 is 2.59 bits per heavy atom. The quantitative estimate of drug-likeness (QED) is 0.494. The summed E-state index contributed by atoms with van der Waals surface area (Å²) in [5.74, 6) is -0.250. The minimum Gasteiger partial charge on any atom is -0.383 e. The van der Waals surface area contributed by atoms with Crippen LogP contribution < -0.4 is 31.9 Å². The molecule has 1 amide bonds. The van der Waals surface area contributed by atoms with E-state index in [0.717, 1.165) is 6.42 Å². The van der Waals surface area contributed by atoms with Crippen molar-refractivity contribution in [1.29, 1.82) is 0 Å². The number of hydrogen-bond donors (Lipinski definition) is 3. The van der Waals surface area contributed by atoms with Crippen LogP contribution in [0.15, 0.2) is 32.7 Å². The second kappa shape index (κ2) is 9.17. The summed E-state index contributed by atoms with van der Waals surface area (Å²) >= 11 is 0. The van der Waals surface area contributed by atoms with Gasteiger partial charge < -0.3 is 15.5 Å². The van der Waals surface area contributed by atoms with E-state index >= 15 is 0 Å². The van der Waals surface area contributed by atoms with Crippen molar-refractivity contribution in [3.8, 4) is 0 Å². The molecule has 1 aliphatic rings. The summed E-state index contributed by atoms with van der Waals surface area (Å²) in [6.07, 6.45) is 2.05. The van der Waals surface area contributed by atoms with Gasteiger partial charge in [-0.25, -0.2) is 18.4 Å². The number of sulfonamides is 1. The first-order valence-electron chi connectivity index (χ1n) is 10.4. The Balaban J connectivity index is 1.89. The van der Waals surface area contributed by atoms with Crippen LogP contribution in [0.5, 0.6) is 0 Å². The number of aromatic nitrogens is 2. The number of primary sulfonamides is 1. The zero-order valence-corrected chi connectivity index (χ0v) is 18.9. The summed E-state index contributed by atoms with van der Waals surface area (Å²) in [6, 6.07) is 4.40. The monoisotopic (exact) mass is 464 g/mol. The lowest BCUT2D eigenvalue weighted by molar-refractivity contribution is -0.117. The van der Waals surface area contributed by atoms with Crippen LogP contribution in [0, 0.1) is 0 Å². The number of carbonyl (C=O) groups excluding carboxylic acids is 1. The zero-order chi connectivity index (χ0) is 23.6. The number of carbonyl (C=O) groups is 1. The average molecular weight is 465 g/mol. The van der Waals surface area contributed by atoms with E-state index in [4.69, 9.17) is 10.9 Å². The molecule has 3 rings (SSSR count). The number of anilines is 3. The Labute approximate surface area is 185 Å². The highest BCUT2D eigenvalue weighted by Crippen LogP contribution is 2.30. The van der Waals surface area contributed by atoms with Crippen LogP contribution in [0.1, 0.15) is 32.3 Å². The molecule has 1 aromatic carbocycles. The van der Waals surface area contributed by atoms with Gasteiger partial charge in [0.05, 0.1) is 11.4 Å². The third kappa shape index (κ3) is 4.55. The predicted molar refractivity (Wildman–Crippen MR) is 122 cm³/mol. The summed E-state index contributed by atoms with van der Waals surface area (Å²) in [5.41, 5.74) is 6.35. The minimum absolute atomic E-state index is 0.00521. The highest BCUT2D eigenvalue weighted by atomic mass is 32.2. The van der Waals surface area contributed by atoms with Crippen LogP contribution in [-0.4, -0.2) is 43.5 Å². The third-order valence-electron chi connectivity index (χ3n) is 5.55. The molecule has 0 unspecified atom stereocenters. The molecule has 32 heavy (non-hydrogen) atoms. The minimum atomic E-state index is -3.84. The summed E-state index contributed by atoms with van der Waals surface area (Å²) in [7, 11) is -3.84. The molecule has 2 aromatic rings. The van der Waals surface area contributed by atoms with Crippen LogP contribution >= 0.6 is 0 Å². The molecule has 2 heterocycles. The summed E-state index contributed by atoms with van der Waals surface area (Å²) < 4.78 is 24.5. The molecule has 0 fully saturated rings.